The molecule has 1 saturated carbocycles. The van der Waals surface area contributed by atoms with E-state index in [1.165, 1.54) is 30.2 Å². The molecule has 0 aliphatic heterocycles. The molecule has 0 saturated heterocycles. The average molecular weight is 257 g/mol. The Bertz CT molecular complexity index is 557. The molecular formula is C17H23NO. The van der Waals surface area contributed by atoms with Gasteiger partial charge < -0.3 is 9.73 Å². The van der Waals surface area contributed by atoms with Gasteiger partial charge in [-0.3, -0.25) is 0 Å². The van der Waals surface area contributed by atoms with Crippen molar-refractivity contribution in [2.75, 3.05) is 0 Å². The molecule has 1 N–H and O–H groups in total. The second-order valence-corrected chi connectivity index (χ2v) is 5.75. The Kier molecular flexibility index (Phi) is 3.61. The van der Waals surface area contributed by atoms with Crippen LogP contribution < -0.4 is 5.32 Å². The van der Waals surface area contributed by atoms with Gasteiger partial charge in [0, 0.05) is 30.0 Å². The molecular weight excluding hydrogens is 234 g/mol. The monoisotopic (exact) mass is 257 g/mol. The van der Waals surface area contributed by atoms with Gasteiger partial charge in [-0.25, -0.2) is 0 Å². The lowest BCUT2D eigenvalue weighted by Gasteiger charge is -2.17. The van der Waals surface area contributed by atoms with Crippen LogP contribution in [0.15, 0.2) is 28.7 Å². The lowest BCUT2D eigenvalue weighted by Crippen LogP contribution is -2.30. The molecule has 0 spiro atoms. The molecule has 0 radical (unpaired) electrons. The van der Waals surface area contributed by atoms with Gasteiger partial charge in [-0.1, -0.05) is 38.5 Å². The lowest BCUT2D eigenvalue weighted by molar-refractivity contribution is 0.423. The third-order valence-corrected chi connectivity index (χ3v) is 4.51. The van der Waals surface area contributed by atoms with Crippen molar-refractivity contribution in [3.63, 3.8) is 0 Å². The number of aryl methyl sites for hydroxylation is 1. The van der Waals surface area contributed by atoms with E-state index in [4.69, 9.17) is 4.42 Å². The van der Waals surface area contributed by atoms with Gasteiger partial charge in [-0.2, -0.15) is 0 Å². The fourth-order valence-electron chi connectivity index (χ4n) is 3.31. The van der Waals surface area contributed by atoms with E-state index in [9.17, 15) is 0 Å². The SMILES string of the molecule is CCc1oc2ccccc2c1CNC1CCCC1C. The Labute approximate surface area is 115 Å². The van der Waals surface area contributed by atoms with Crippen LogP contribution in [0.1, 0.15) is 44.4 Å². The summed E-state index contributed by atoms with van der Waals surface area (Å²) < 4.78 is 5.95. The number of nitrogens with one attached hydrogen (secondary N) is 1. The number of hydrogen-bond acceptors (Lipinski definition) is 2. The van der Waals surface area contributed by atoms with Crippen LogP contribution in [0.25, 0.3) is 11.0 Å². The molecule has 3 rings (SSSR count). The molecule has 2 atom stereocenters. The molecule has 1 heterocycles. The van der Waals surface area contributed by atoms with Crippen LogP contribution in [0.2, 0.25) is 0 Å². The largest absolute Gasteiger partial charge is 0.461 e. The summed E-state index contributed by atoms with van der Waals surface area (Å²) in [7, 11) is 0. The van der Waals surface area contributed by atoms with Crippen molar-refractivity contribution in [3.05, 3.63) is 35.6 Å². The molecule has 1 aromatic heterocycles. The molecule has 2 unspecified atom stereocenters. The van der Waals surface area contributed by atoms with Gasteiger partial charge in [-0.15, -0.1) is 0 Å². The van der Waals surface area contributed by atoms with E-state index in [0.29, 0.717) is 6.04 Å². The Morgan fingerprint density at radius 2 is 2.11 bits per heavy atom. The normalized spacial score (nSPS) is 23.3. The number of para-hydroxylation sites is 1. The molecule has 1 aliphatic carbocycles. The van der Waals surface area contributed by atoms with Gasteiger partial charge in [0.25, 0.3) is 0 Å². The second-order valence-electron chi connectivity index (χ2n) is 5.75. The van der Waals surface area contributed by atoms with Crippen molar-refractivity contribution in [1.82, 2.24) is 5.32 Å². The van der Waals surface area contributed by atoms with Crippen LogP contribution in [0.3, 0.4) is 0 Å². The summed E-state index contributed by atoms with van der Waals surface area (Å²) >= 11 is 0. The van der Waals surface area contributed by atoms with Crippen LogP contribution in [0.4, 0.5) is 0 Å². The van der Waals surface area contributed by atoms with Crippen LogP contribution in [0.5, 0.6) is 0 Å². The maximum absolute atomic E-state index is 5.95. The zero-order chi connectivity index (χ0) is 13.2. The Morgan fingerprint density at radius 1 is 1.26 bits per heavy atom. The molecule has 1 fully saturated rings. The summed E-state index contributed by atoms with van der Waals surface area (Å²) in [6.45, 7) is 5.47. The van der Waals surface area contributed by atoms with Gasteiger partial charge in [0.1, 0.15) is 11.3 Å². The van der Waals surface area contributed by atoms with E-state index in [-0.39, 0.29) is 0 Å². The number of fused-ring (bicyclic) bond motifs is 1. The van der Waals surface area contributed by atoms with Crippen molar-refractivity contribution < 1.29 is 4.42 Å². The number of rotatable bonds is 4. The van der Waals surface area contributed by atoms with Gasteiger partial charge in [0.2, 0.25) is 0 Å². The highest BCUT2D eigenvalue weighted by Gasteiger charge is 2.23. The fourth-order valence-corrected chi connectivity index (χ4v) is 3.31. The van der Waals surface area contributed by atoms with E-state index in [1.54, 1.807) is 0 Å². The molecule has 19 heavy (non-hydrogen) atoms. The summed E-state index contributed by atoms with van der Waals surface area (Å²) in [5.74, 6) is 1.95. The molecule has 1 aromatic carbocycles. The summed E-state index contributed by atoms with van der Waals surface area (Å²) in [5.41, 5.74) is 2.38. The van der Waals surface area contributed by atoms with E-state index in [2.05, 4.69) is 37.4 Å². The number of hydrogen-bond donors (Lipinski definition) is 1. The first kappa shape index (κ1) is 12.7. The predicted octanol–water partition coefficient (Wildman–Crippen LogP) is 4.27. The highest BCUT2D eigenvalue weighted by Crippen LogP contribution is 2.28. The van der Waals surface area contributed by atoms with Crippen molar-refractivity contribution in [1.29, 1.82) is 0 Å². The van der Waals surface area contributed by atoms with Crippen LogP contribution in [0, 0.1) is 5.92 Å². The van der Waals surface area contributed by atoms with Crippen molar-refractivity contribution in [3.8, 4) is 0 Å². The molecule has 0 amide bonds. The van der Waals surface area contributed by atoms with E-state index < -0.39 is 0 Å². The summed E-state index contributed by atoms with van der Waals surface area (Å²) in [5, 5.41) is 5.02. The predicted molar refractivity (Wildman–Crippen MR) is 79.2 cm³/mol. The van der Waals surface area contributed by atoms with E-state index in [1.807, 2.05) is 6.07 Å². The van der Waals surface area contributed by atoms with Crippen molar-refractivity contribution >= 4 is 11.0 Å². The van der Waals surface area contributed by atoms with E-state index in [0.717, 1.165) is 30.2 Å². The van der Waals surface area contributed by atoms with Gasteiger partial charge in [-0.05, 0) is 24.8 Å². The molecule has 1 aliphatic rings. The van der Waals surface area contributed by atoms with Crippen molar-refractivity contribution in [2.45, 2.75) is 52.1 Å². The minimum Gasteiger partial charge on any atom is -0.461 e. The minimum absolute atomic E-state index is 0.679. The summed E-state index contributed by atoms with van der Waals surface area (Å²) in [6, 6.07) is 9.06. The lowest BCUT2D eigenvalue weighted by atomic mass is 10.0. The first-order chi connectivity index (χ1) is 9.29. The minimum atomic E-state index is 0.679. The van der Waals surface area contributed by atoms with Gasteiger partial charge in [0.05, 0.1) is 0 Å². The summed E-state index contributed by atoms with van der Waals surface area (Å²) in [4.78, 5) is 0. The first-order valence-electron chi connectivity index (χ1n) is 7.52. The van der Waals surface area contributed by atoms with Crippen LogP contribution >= 0.6 is 0 Å². The summed E-state index contributed by atoms with van der Waals surface area (Å²) in [6.07, 6.45) is 5.01. The zero-order valence-electron chi connectivity index (χ0n) is 11.9. The smallest absolute Gasteiger partial charge is 0.134 e. The van der Waals surface area contributed by atoms with Gasteiger partial charge >= 0.3 is 0 Å². The average Bonchev–Trinajstić information content (AvgIpc) is 2.99. The Hall–Kier alpha value is -1.28. The quantitative estimate of drug-likeness (QED) is 0.884. The Morgan fingerprint density at radius 3 is 2.84 bits per heavy atom. The third-order valence-electron chi connectivity index (χ3n) is 4.51. The fraction of sp³-hybridized carbons (Fsp3) is 0.529. The molecule has 102 valence electrons. The molecule has 2 aromatic rings. The van der Waals surface area contributed by atoms with E-state index >= 15 is 0 Å². The second kappa shape index (κ2) is 5.38. The standard InChI is InChI=1S/C17H23NO/c1-3-16-14(11-18-15-9-6-7-12(15)2)13-8-4-5-10-17(13)19-16/h4-5,8,10,12,15,18H,3,6-7,9,11H2,1-2H3. The van der Waals surface area contributed by atoms with Crippen LogP contribution in [-0.2, 0) is 13.0 Å². The third kappa shape index (κ3) is 2.42. The highest BCUT2D eigenvalue weighted by molar-refractivity contribution is 5.82. The van der Waals surface area contributed by atoms with Crippen molar-refractivity contribution in [2.24, 2.45) is 5.92 Å². The maximum Gasteiger partial charge on any atom is 0.134 e. The Balaban J connectivity index is 1.83. The number of furan rings is 1. The highest BCUT2D eigenvalue weighted by atomic mass is 16.3. The van der Waals surface area contributed by atoms with Crippen LogP contribution in [-0.4, -0.2) is 6.04 Å². The first-order valence-corrected chi connectivity index (χ1v) is 7.52. The number of benzene rings is 1. The molecule has 0 bridgehead atoms. The topological polar surface area (TPSA) is 25.2 Å². The van der Waals surface area contributed by atoms with Gasteiger partial charge in [0.15, 0.2) is 0 Å². The molecule has 2 nitrogen and oxygen atoms in total. The zero-order valence-corrected chi connectivity index (χ0v) is 11.9. The maximum atomic E-state index is 5.95. The molecule has 2 heteroatoms.